The number of hydrogen-bond acceptors (Lipinski definition) is 4. The molecule has 23 heavy (non-hydrogen) atoms. The molecule has 0 aromatic heterocycles. The lowest BCUT2D eigenvalue weighted by Crippen LogP contribution is -2.41. The highest BCUT2D eigenvalue weighted by Gasteiger charge is 2.51. The van der Waals surface area contributed by atoms with Crippen molar-refractivity contribution in [1.82, 2.24) is 0 Å². The molecule has 0 N–H and O–H groups in total. The summed E-state index contributed by atoms with van der Waals surface area (Å²) in [5.74, 6) is 0.767. The van der Waals surface area contributed by atoms with Crippen LogP contribution in [0.2, 0.25) is 0 Å². The maximum atomic E-state index is 12.2. The lowest BCUT2D eigenvalue weighted by atomic mass is 9.78. The van der Waals surface area contributed by atoms with E-state index in [2.05, 4.69) is 0 Å². The topological polar surface area (TPSA) is 44.8 Å². The van der Waals surface area contributed by atoms with Gasteiger partial charge in [-0.25, -0.2) is 0 Å². The van der Waals surface area contributed by atoms with Gasteiger partial charge in [-0.15, -0.1) is 0 Å². The second-order valence-electron chi connectivity index (χ2n) is 7.66. The molecule has 1 heterocycles. The van der Waals surface area contributed by atoms with Crippen LogP contribution in [0.5, 0.6) is 5.75 Å². The first-order valence-corrected chi connectivity index (χ1v) is 10.9. The molecule has 0 amide bonds. The molecule has 1 aliphatic rings. The molecular formula is C17H28BO4P. The second-order valence-corrected chi connectivity index (χ2v) is 11.1. The third-order valence-electron chi connectivity index (χ3n) is 4.39. The molecule has 1 fully saturated rings. The highest BCUT2D eigenvalue weighted by molar-refractivity contribution is 7.61. The SMILES string of the molecule is CCOc1cc(CP(C)(C)=O)cc(B2OC(C)(C)C(C)(C)O2)c1. The van der Waals surface area contributed by atoms with Crippen molar-refractivity contribution in [3.8, 4) is 5.75 Å². The van der Waals surface area contributed by atoms with E-state index >= 15 is 0 Å². The monoisotopic (exact) mass is 338 g/mol. The van der Waals surface area contributed by atoms with E-state index in [9.17, 15) is 4.57 Å². The summed E-state index contributed by atoms with van der Waals surface area (Å²) in [5, 5.41) is 0. The quantitative estimate of drug-likeness (QED) is 0.609. The van der Waals surface area contributed by atoms with Crippen LogP contribution in [0.3, 0.4) is 0 Å². The zero-order valence-electron chi connectivity index (χ0n) is 15.3. The smallest absolute Gasteiger partial charge is 0.494 e. The second kappa shape index (κ2) is 6.27. The zero-order chi connectivity index (χ0) is 17.5. The van der Waals surface area contributed by atoms with E-state index in [1.807, 2.05) is 52.8 Å². The Morgan fingerprint density at radius 2 is 1.65 bits per heavy atom. The Kier molecular flexibility index (Phi) is 5.06. The summed E-state index contributed by atoms with van der Waals surface area (Å²) < 4.78 is 30.1. The number of benzene rings is 1. The molecule has 0 saturated carbocycles. The van der Waals surface area contributed by atoms with Gasteiger partial charge in [0.05, 0.1) is 25.0 Å². The van der Waals surface area contributed by atoms with E-state index < -0.39 is 14.3 Å². The maximum absolute atomic E-state index is 12.2. The fourth-order valence-electron chi connectivity index (χ4n) is 2.58. The first-order chi connectivity index (χ1) is 10.4. The summed E-state index contributed by atoms with van der Waals surface area (Å²) in [5.41, 5.74) is 1.14. The molecule has 1 saturated heterocycles. The summed E-state index contributed by atoms with van der Waals surface area (Å²) >= 11 is 0. The molecule has 1 aliphatic heterocycles. The predicted octanol–water partition coefficient (Wildman–Crippen LogP) is 3.51. The summed E-state index contributed by atoms with van der Waals surface area (Å²) in [6.07, 6.45) is 0.542. The van der Waals surface area contributed by atoms with Crippen LogP contribution in [-0.4, -0.2) is 38.3 Å². The van der Waals surface area contributed by atoms with E-state index in [1.54, 1.807) is 13.3 Å². The molecule has 0 spiro atoms. The van der Waals surface area contributed by atoms with E-state index in [4.69, 9.17) is 14.0 Å². The van der Waals surface area contributed by atoms with Gasteiger partial charge in [-0.2, -0.15) is 0 Å². The van der Waals surface area contributed by atoms with E-state index in [0.29, 0.717) is 12.8 Å². The van der Waals surface area contributed by atoms with Gasteiger partial charge in [-0.05, 0) is 71.1 Å². The van der Waals surface area contributed by atoms with Gasteiger partial charge >= 0.3 is 7.12 Å². The summed E-state index contributed by atoms with van der Waals surface area (Å²) in [7, 11) is -2.60. The molecule has 0 aliphatic carbocycles. The third-order valence-corrected chi connectivity index (χ3v) is 5.52. The van der Waals surface area contributed by atoms with E-state index in [-0.39, 0.29) is 11.2 Å². The van der Waals surface area contributed by atoms with E-state index in [1.165, 1.54) is 0 Å². The highest BCUT2D eigenvalue weighted by Crippen LogP contribution is 2.41. The fraction of sp³-hybridized carbons (Fsp3) is 0.647. The fourth-order valence-corrected chi connectivity index (χ4v) is 3.64. The van der Waals surface area contributed by atoms with Crippen LogP contribution in [-0.2, 0) is 20.0 Å². The average Bonchev–Trinajstić information content (AvgIpc) is 2.56. The van der Waals surface area contributed by atoms with Gasteiger partial charge in [-0.3, -0.25) is 0 Å². The molecule has 0 bridgehead atoms. The van der Waals surface area contributed by atoms with Crippen molar-refractivity contribution in [2.75, 3.05) is 19.9 Å². The lowest BCUT2D eigenvalue weighted by molar-refractivity contribution is 0.00578. The lowest BCUT2D eigenvalue weighted by Gasteiger charge is -2.32. The van der Waals surface area contributed by atoms with Gasteiger partial charge < -0.3 is 18.6 Å². The molecule has 128 valence electrons. The molecule has 1 aromatic carbocycles. The van der Waals surface area contributed by atoms with Crippen molar-refractivity contribution in [3.63, 3.8) is 0 Å². The van der Waals surface area contributed by atoms with Crippen molar-refractivity contribution in [3.05, 3.63) is 23.8 Å². The van der Waals surface area contributed by atoms with Crippen LogP contribution in [0.15, 0.2) is 18.2 Å². The molecule has 0 atom stereocenters. The van der Waals surface area contributed by atoms with Crippen LogP contribution in [0.1, 0.15) is 40.2 Å². The van der Waals surface area contributed by atoms with Crippen molar-refractivity contribution < 1.29 is 18.6 Å². The summed E-state index contributed by atoms with van der Waals surface area (Å²) in [6.45, 7) is 14.3. The Morgan fingerprint density at radius 3 is 2.13 bits per heavy atom. The third kappa shape index (κ3) is 4.40. The number of hydrogen-bond donors (Lipinski definition) is 0. The minimum absolute atomic E-state index is 0.385. The Hall–Kier alpha value is -0.765. The molecule has 1 aromatic rings. The largest absolute Gasteiger partial charge is 0.494 e. The highest BCUT2D eigenvalue weighted by atomic mass is 31.2. The zero-order valence-corrected chi connectivity index (χ0v) is 16.2. The Balaban J connectivity index is 2.36. The Labute approximate surface area is 140 Å². The van der Waals surface area contributed by atoms with Crippen molar-refractivity contribution >= 4 is 19.7 Å². The van der Waals surface area contributed by atoms with Gasteiger partial charge in [-0.1, -0.05) is 6.07 Å². The predicted molar refractivity (Wildman–Crippen MR) is 96.5 cm³/mol. The normalized spacial score (nSPS) is 19.9. The molecule has 2 rings (SSSR count). The average molecular weight is 338 g/mol. The van der Waals surface area contributed by atoms with Crippen molar-refractivity contribution in [2.45, 2.75) is 52.0 Å². The van der Waals surface area contributed by atoms with Crippen LogP contribution in [0.4, 0.5) is 0 Å². The van der Waals surface area contributed by atoms with Gasteiger partial charge in [0.25, 0.3) is 0 Å². The van der Waals surface area contributed by atoms with Crippen LogP contribution in [0, 0.1) is 0 Å². The number of rotatable bonds is 5. The Bertz CT molecular complexity index is 605. The first-order valence-electron chi connectivity index (χ1n) is 8.10. The standard InChI is InChI=1S/C17H28BO4P/c1-8-20-15-10-13(12-23(6,7)19)9-14(11-15)18-21-16(2,3)17(4,5)22-18/h9-11H,8,12H2,1-7H3. The van der Waals surface area contributed by atoms with Crippen molar-refractivity contribution in [1.29, 1.82) is 0 Å². The van der Waals surface area contributed by atoms with E-state index in [0.717, 1.165) is 16.8 Å². The van der Waals surface area contributed by atoms with Crippen LogP contribution >= 0.6 is 7.14 Å². The van der Waals surface area contributed by atoms with Crippen molar-refractivity contribution in [2.24, 2.45) is 0 Å². The van der Waals surface area contributed by atoms with Crippen LogP contribution in [0.25, 0.3) is 0 Å². The molecule has 0 radical (unpaired) electrons. The minimum Gasteiger partial charge on any atom is -0.494 e. The Morgan fingerprint density at radius 1 is 1.09 bits per heavy atom. The molecule has 0 unspecified atom stereocenters. The molecule has 6 heteroatoms. The van der Waals surface area contributed by atoms with Gasteiger partial charge in [0.15, 0.2) is 0 Å². The maximum Gasteiger partial charge on any atom is 0.494 e. The number of ether oxygens (including phenoxy) is 1. The first kappa shape index (κ1) is 18.6. The van der Waals surface area contributed by atoms with Gasteiger partial charge in [0, 0.05) is 6.16 Å². The molecular weight excluding hydrogens is 310 g/mol. The van der Waals surface area contributed by atoms with Crippen LogP contribution < -0.4 is 10.2 Å². The minimum atomic E-state index is -2.17. The van der Waals surface area contributed by atoms with Gasteiger partial charge in [0.1, 0.15) is 5.75 Å². The molecule has 4 nitrogen and oxygen atoms in total. The summed E-state index contributed by atoms with van der Waals surface area (Å²) in [6, 6.07) is 5.92. The summed E-state index contributed by atoms with van der Waals surface area (Å²) in [4.78, 5) is 0. The van der Waals surface area contributed by atoms with Gasteiger partial charge in [0.2, 0.25) is 0 Å².